The topological polar surface area (TPSA) is 103 Å². The molecule has 0 spiro atoms. The summed E-state index contributed by atoms with van der Waals surface area (Å²) in [6.45, 7) is 0. The molecule has 0 radical (unpaired) electrons. The van der Waals surface area contributed by atoms with E-state index in [2.05, 4.69) is 22.6 Å². The van der Waals surface area contributed by atoms with Crippen molar-refractivity contribution in [2.24, 2.45) is 0 Å². The van der Waals surface area contributed by atoms with Gasteiger partial charge in [0.25, 0.3) is 5.69 Å². The predicted octanol–water partition coefficient (Wildman–Crippen LogP) is 4.41. The van der Waals surface area contributed by atoms with Crippen LogP contribution in [0.15, 0.2) is 52.9 Å². The molecule has 0 aliphatic rings. The summed E-state index contributed by atoms with van der Waals surface area (Å²) >= 11 is 2.16. The molecule has 3 aromatic rings. The molecule has 0 saturated heterocycles. The van der Waals surface area contributed by atoms with E-state index in [9.17, 15) is 15.2 Å². The number of aromatic hydroxyl groups is 1. The number of nitro benzene ring substituents is 1. The summed E-state index contributed by atoms with van der Waals surface area (Å²) in [5, 5.41) is 21.4. The highest BCUT2D eigenvalue weighted by molar-refractivity contribution is 14.1. The standard InChI is InChI=1S/C16H11IN2O4/c17-11-5-1-3-9(7-11)13-14(20)15(23-16(13)18)10-4-2-6-12(8-10)19(21)22/h1-8,20H,18H2. The number of non-ortho nitro benzene ring substituents is 1. The van der Waals surface area contributed by atoms with Gasteiger partial charge in [0.15, 0.2) is 11.5 Å². The van der Waals surface area contributed by atoms with Crippen molar-refractivity contribution in [3.05, 3.63) is 62.2 Å². The zero-order chi connectivity index (χ0) is 16.6. The van der Waals surface area contributed by atoms with Crippen molar-refractivity contribution >= 4 is 34.2 Å². The van der Waals surface area contributed by atoms with E-state index < -0.39 is 4.92 Å². The molecule has 0 amide bonds. The van der Waals surface area contributed by atoms with Gasteiger partial charge >= 0.3 is 0 Å². The van der Waals surface area contributed by atoms with Crippen LogP contribution in [0.25, 0.3) is 22.5 Å². The van der Waals surface area contributed by atoms with Gasteiger partial charge in [-0.2, -0.15) is 0 Å². The Morgan fingerprint density at radius 1 is 1.13 bits per heavy atom. The zero-order valence-corrected chi connectivity index (χ0v) is 13.9. The second kappa shape index (κ2) is 5.92. The van der Waals surface area contributed by atoms with E-state index in [1.807, 2.05) is 18.2 Å². The fraction of sp³-hybridized carbons (Fsp3) is 0. The van der Waals surface area contributed by atoms with E-state index in [1.165, 1.54) is 18.2 Å². The molecule has 7 heteroatoms. The van der Waals surface area contributed by atoms with Crippen molar-refractivity contribution in [1.29, 1.82) is 0 Å². The van der Waals surface area contributed by atoms with Gasteiger partial charge in [-0.1, -0.05) is 24.3 Å². The molecule has 116 valence electrons. The Kier molecular flexibility index (Phi) is 3.95. The molecule has 0 bridgehead atoms. The fourth-order valence-electron chi connectivity index (χ4n) is 2.32. The maximum Gasteiger partial charge on any atom is 0.270 e. The van der Waals surface area contributed by atoms with Gasteiger partial charge in [0.1, 0.15) is 0 Å². The van der Waals surface area contributed by atoms with E-state index in [0.717, 1.165) is 3.57 Å². The van der Waals surface area contributed by atoms with Gasteiger partial charge in [0, 0.05) is 21.3 Å². The Morgan fingerprint density at radius 2 is 1.83 bits per heavy atom. The van der Waals surface area contributed by atoms with Crippen LogP contribution in [0.2, 0.25) is 0 Å². The Balaban J connectivity index is 2.15. The van der Waals surface area contributed by atoms with Crippen LogP contribution in [0, 0.1) is 13.7 Å². The van der Waals surface area contributed by atoms with Crippen molar-refractivity contribution in [3.63, 3.8) is 0 Å². The van der Waals surface area contributed by atoms with Crippen LogP contribution in [0.5, 0.6) is 5.75 Å². The third kappa shape index (κ3) is 2.87. The van der Waals surface area contributed by atoms with Crippen molar-refractivity contribution in [2.45, 2.75) is 0 Å². The van der Waals surface area contributed by atoms with Crippen LogP contribution in [-0.4, -0.2) is 10.0 Å². The minimum atomic E-state index is -0.507. The summed E-state index contributed by atoms with van der Waals surface area (Å²) in [6, 6.07) is 13.3. The highest BCUT2D eigenvalue weighted by atomic mass is 127. The van der Waals surface area contributed by atoms with Crippen LogP contribution in [-0.2, 0) is 0 Å². The number of nitrogens with zero attached hydrogens (tertiary/aromatic N) is 1. The number of halogens is 1. The third-order valence-corrected chi connectivity index (χ3v) is 4.01. The summed E-state index contributed by atoms with van der Waals surface area (Å²) in [7, 11) is 0. The number of nitrogens with two attached hydrogens (primary N) is 1. The summed E-state index contributed by atoms with van der Waals surface area (Å²) < 4.78 is 6.45. The summed E-state index contributed by atoms with van der Waals surface area (Å²) in [6.07, 6.45) is 0. The van der Waals surface area contributed by atoms with E-state index in [-0.39, 0.29) is 23.1 Å². The van der Waals surface area contributed by atoms with Crippen molar-refractivity contribution in [1.82, 2.24) is 0 Å². The lowest BCUT2D eigenvalue weighted by Crippen LogP contribution is -1.87. The normalized spacial score (nSPS) is 10.7. The molecular formula is C16H11IN2O4. The molecule has 1 heterocycles. The van der Waals surface area contributed by atoms with Crippen LogP contribution >= 0.6 is 22.6 Å². The number of hydrogen-bond donors (Lipinski definition) is 2. The molecule has 0 aliphatic carbocycles. The van der Waals surface area contributed by atoms with Crippen LogP contribution < -0.4 is 5.73 Å². The first-order chi connectivity index (χ1) is 11.0. The SMILES string of the molecule is Nc1oc(-c2cccc([N+](=O)[O-])c2)c(O)c1-c1cccc(I)c1. The maximum atomic E-state index is 10.9. The van der Waals surface area contributed by atoms with Crippen LogP contribution in [0.1, 0.15) is 0 Å². The third-order valence-electron chi connectivity index (χ3n) is 3.34. The smallest absolute Gasteiger partial charge is 0.270 e. The minimum absolute atomic E-state index is 0.0611. The van der Waals surface area contributed by atoms with Gasteiger partial charge in [-0.05, 0) is 40.3 Å². The lowest BCUT2D eigenvalue weighted by molar-refractivity contribution is -0.384. The first-order valence-electron chi connectivity index (χ1n) is 6.59. The molecule has 0 saturated carbocycles. The number of furan rings is 1. The molecule has 1 aromatic heterocycles. The minimum Gasteiger partial charge on any atom is -0.504 e. The molecule has 0 aliphatic heterocycles. The average Bonchev–Trinajstić information content (AvgIpc) is 2.82. The second-order valence-electron chi connectivity index (χ2n) is 4.84. The number of nitrogen functional groups attached to an aromatic ring is 1. The van der Waals surface area contributed by atoms with E-state index >= 15 is 0 Å². The number of benzene rings is 2. The van der Waals surface area contributed by atoms with E-state index in [1.54, 1.807) is 12.1 Å². The highest BCUT2D eigenvalue weighted by Gasteiger charge is 2.22. The quantitative estimate of drug-likeness (QED) is 0.370. The monoisotopic (exact) mass is 422 g/mol. The number of nitro groups is 1. The second-order valence-corrected chi connectivity index (χ2v) is 6.08. The Morgan fingerprint density at radius 3 is 2.52 bits per heavy atom. The number of rotatable bonds is 3. The zero-order valence-electron chi connectivity index (χ0n) is 11.7. The first kappa shape index (κ1) is 15.3. The average molecular weight is 422 g/mol. The highest BCUT2D eigenvalue weighted by Crippen LogP contribution is 2.45. The van der Waals surface area contributed by atoms with E-state index in [0.29, 0.717) is 16.7 Å². The largest absolute Gasteiger partial charge is 0.504 e. The molecule has 3 N–H and O–H groups in total. The number of hydrogen-bond acceptors (Lipinski definition) is 5. The Labute approximate surface area is 144 Å². The van der Waals surface area contributed by atoms with Gasteiger partial charge in [-0.25, -0.2) is 0 Å². The molecule has 23 heavy (non-hydrogen) atoms. The molecule has 2 aromatic carbocycles. The predicted molar refractivity (Wildman–Crippen MR) is 95.0 cm³/mol. The molecule has 0 atom stereocenters. The summed E-state index contributed by atoms with van der Waals surface area (Å²) in [5.74, 6) is 0.0380. The lowest BCUT2D eigenvalue weighted by atomic mass is 10.0. The lowest BCUT2D eigenvalue weighted by Gasteiger charge is -2.01. The molecular weight excluding hydrogens is 411 g/mol. The van der Waals surface area contributed by atoms with Gasteiger partial charge in [-0.15, -0.1) is 0 Å². The van der Waals surface area contributed by atoms with Gasteiger partial charge in [-0.3, -0.25) is 10.1 Å². The van der Waals surface area contributed by atoms with Crippen LogP contribution in [0.4, 0.5) is 11.6 Å². The van der Waals surface area contributed by atoms with Gasteiger partial charge in [0.2, 0.25) is 5.88 Å². The summed E-state index contributed by atoms with van der Waals surface area (Å²) in [5.41, 5.74) is 7.29. The van der Waals surface area contributed by atoms with Gasteiger partial charge < -0.3 is 15.3 Å². The number of anilines is 1. The van der Waals surface area contributed by atoms with Gasteiger partial charge in [0.05, 0.1) is 10.5 Å². The Bertz CT molecular complexity index is 905. The maximum absolute atomic E-state index is 10.9. The fourth-order valence-corrected chi connectivity index (χ4v) is 2.86. The Hall–Kier alpha value is -2.55. The molecule has 0 fully saturated rings. The van der Waals surface area contributed by atoms with Crippen molar-refractivity contribution in [3.8, 4) is 28.2 Å². The molecule has 0 unspecified atom stereocenters. The van der Waals surface area contributed by atoms with Crippen molar-refractivity contribution in [2.75, 3.05) is 5.73 Å². The summed E-state index contributed by atoms with van der Waals surface area (Å²) in [4.78, 5) is 10.4. The molecule has 6 nitrogen and oxygen atoms in total. The van der Waals surface area contributed by atoms with Crippen LogP contribution in [0.3, 0.4) is 0 Å². The molecule has 3 rings (SSSR count). The van der Waals surface area contributed by atoms with Crippen molar-refractivity contribution < 1.29 is 14.4 Å². The first-order valence-corrected chi connectivity index (χ1v) is 7.67. The van der Waals surface area contributed by atoms with E-state index in [4.69, 9.17) is 10.2 Å².